The van der Waals surface area contributed by atoms with Crippen LogP contribution in [0.1, 0.15) is 45.0 Å². The molecule has 0 unspecified atom stereocenters. The Kier molecular flexibility index (Phi) is 3.81. The van der Waals surface area contributed by atoms with Gasteiger partial charge in [0, 0.05) is 12.3 Å². The molecule has 0 bridgehead atoms. The number of halogens is 3. The molecule has 0 saturated carbocycles. The van der Waals surface area contributed by atoms with Gasteiger partial charge in [-0.05, 0) is 45.9 Å². The maximum Gasteiger partial charge on any atom is 0.517 e. The summed E-state index contributed by atoms with van der Waals surface area (Å²) in [6.07, 6.45) is -4.50. The third-order valence-electron chi connectivity index (χ3n) is 4.81. The molecule has 25 heavy (non-hydrogen) atoms. The van der Waals surface area contributed by atoms with Crippen LogP contribution in [0, 0.1) is 0 Å². The molecule has 0 spiro atoms. The van der Waals surface area contributed by atoms with Crippen molar-refractivity contribution in [2.24, 2.45) is 0 Å². The molecule has 1 aliphatic heterocycles. The average molecular weight is 354 g/mol. The molecule has 5 nitrogen and oxygen atoms in total. The van der Waals surface area contributed by atoms with E-state index in [0.29, 0.717) is 0 Å². The largest absolute Gasteiger partial charge is 0.517 e. The molecule has 3 rings (SSSR count). The maximum absolute atomic E-state index is 13.1. The third-order valence-corrected chi connectivity index (χ3v) is 4.81. The lowest BCUT2D eigenvalue weighted by Gasteiger charge is -2.32. The van der Waals surface area contributed by atoms with Crippen molar-refractivity contribution >= 4 is 29.5 Å². The Hall–Kier alpha value is -1.87. The molecule has 2 heterocycles. The molecule has 1 aromatic carbocycles. The highest BCUT2D eigenvalue weighted by molar-refractivity contribution is 6.64. The fraction of sp³-hybridized carbons (Fsp3) is 0.500. The maximum atomic E-state index is 13.1. The summed E-state index contributed by atoms with van der Waals surface area (Å²) >= 11 is 0. The highest BCUT2D eigenvalue weighted by atomic mass is 19.4. The first-order chi connectivity index (χ1) is 11.3. The van der Waals surface area contributed by atoms with Gasteiger partial charge in [0.05, 0.1) is 22.3 Å². The fourth-order valence-electron chi connectivity index (χ4n) is 2.69. The van der Waals surface area contributed by atoms with Gasteiger partial charge in [0.1, 0.15) is 5.59 Å². The number of carbonyl (C=O) groups excluding carboxylic acids is 1. The number of nitrogens with zero attached hydrogens (tertiary/aromatic N) is 2. The Morgan fingerprint density at radius 1 is 1.16 bits per heavy atom. The first kappa shape index (κ1) is 17.9. The molecule has 0 atom stereocenters. The Balaban J connectivity index is 2.19. The summed E-state index contributed by atoms with van der Waals surface area (Å²) in [4.78, 5) is 11.8. The molecule has 0 amide bonds. The summed E-state index contributed by atoms with van der Waals surface area (Å²) in [5.41, 5.74) is -1.72. The summed E-state index contributed by atoms with van der Waals surface area (Å²) in [6.45, 7) is 8.62. The van der Waals surface area contributed by atoms with E-state index in [4.69, 9.17) is 9.31 Å². The van der Waals surface area contributed by atoms with Gasteiger partial charge in [-0.25, -0.2) is 4.68 Å². The third kappa shape index (κ3) is 2.85. The molecule has 1 saturated heterocycles. The van der Waals surface area contributed by atoms with E-state index in [1.807, 2.05) is 27.7 Å². The Morgan fingerprint density at radius 3 is 2.20 bits per heavy atom. The number of rotatable bonds is 1. The van der Waals surface area contributed by atoms with Crippen LogP contribution in [0.4, 0.5) is 13.2 Å². The van der Waals surface area contributed by atoms with Crippen molar-refractivity contribution in [2.45, 2.75) is 52.0 Å². The Bertz CT molecular complexity index is 842. The van der Waals surface area contributed by atoms with E-state index in [9.17, 15) is 18.0 Å². The first-order valence-corrected chi connectivity index (χ1v) is 7.80. The second kappa shape index (κ2) is 5.31. The lowest BCUT2D eigenvalue weighted by atomic mass is 9.82. The second-order valence-corrected chi connectivity index (χ2v) is 7.13. The van der Waals surface area contributed by atoms with Crippen LogP contribution >= 0.6 is 0 Å². The van der Waals surface area contributed by atoms with Gasteiger partial charge in [0.25, 0.3) is 0 Å². The van der Waals surface area contributed by atoms with Crippen LogP contribution < -0.4 is 5.59 Å². The van der Waals surface area contributed by atoms with Crippen molar-refractivity contribution in [3.63, 3.8) is 0 Å². The van der Waals surface area contributed by atoms with Crippen LogP contribution in [-0.2, 0) is 15.5 Å². The normalized spacial score (nSPS) is 19.6. The number of alkyl halides is 3. The second-order valence-electron chi connectivity index (χ2n) is 7.13. The number of carbonyl (C=O) groups is 1. The van der Waals surface area contributed by atoms with Crippen molar-refractivity contribution in [2.75, 3.05) is 0 Å². The minimum absolute atomic E-state index is 0.162. The molecule has 1 fully saturated rings. The SMILES string of the molecule is CC(=O)n1nc(B2OC(C)(C)C(C)(C)O2)c2cc(C(F)(F)F)ccc21. The quantitative estimate of drug-likeness (QED) is 0.739. The van der Waals surface area contributed by atoms with Gasteiger partial charge in [0.15, 0.2) is 0 Å². The molecule has 9 heteroatoms. The van der Waals surface area contributed by atoms with E-state index in [2.05, 4.69) is 5.10 Å². The molecular formula is C16H18BF3N2O3. The highest BCUT2D eigenvalue weighted by Gasteiger charge is 2.53. The minimum atomic E-state index is -4.50. The summed E-state index contributed by atoms with van der Waals surface area (Å²) in [5.74, 6) is -0.410. The molecular weight excluding hydrogens is 336 g/mol. The molecule has 0 aliphatic carbocycles. The van der Waals surface area contributed by atoms with Gasteiger partial charge in [-0.1, -0.05) is 0 Å². The number of benzene rings is 1. The summed E-state index contributed by atoms with van der Waals surface area (Å²) in [5, 5.41) is 4.36. The van der Waals surface area contributed by atoms with E-state index in [1.54, 1.807) is 0 Å². The molecule has 0 N–H and O–H groups in total. The highest BCUT2D eigenvalue weighted by Crippen LogP contribution is 2.37. The zero-order chi connectivity index (χ0) is 18.8. The molecule has 1 aliphatic rings. The summed E-state index contributed by atoms with van der Waals surface area (Å²) in [7, 11) is -0.961. The van der Waals surface area contributed by atoms with Gasteiger partial charge < -0.3 is 9.31 Å². The fourth-order valence-corrected chi connectivity index (χ4v) is 2.69. The Labute approximate surface area is 143 Å². The van der Waals surface area contributed by atoms with Crippen LogP contribution in [0.25, 0.3) is 10.9 Å². The number of fused-ring (bicyclic) bond motifs is 1. The zero-order valence-corrected chi connectivity index (χ0v) is 14.6. The standard InChI is InChI=1S/C16H18BF3N2O3/c1-9(23)22-12-7-6-10(16(18,19)20)8-11(12)13(21-22)17-24-14(2,3)15(4,5)25-17/h6-8H,1-5H3. The monoisotopic (exact) mass is 354 g/mol. The van der Waals surface area contributed by atoms with Crippen molar-refractivity contribution in [3.8, 4) is 0 Å². The lowest BCUT2D eigenvalue weighted by Crippen LogP contribution is -2.41. The van der Waals surface area contributed by atoms with E-state index in [-0.39, 0.29) is 16.5 Å². The van der Waals surface area contributed by atoms with E-state index >= 15 is 0 Å². The molecule has 2 aromatic rings. The molecule has 0 radical (unpaired) electrons. The van der Waals surface area contributed by atoms with Crippen molar-refractivity contribution in [1.82, 2.24) is 9.78 Å². The van der Waals surface area contributed by atoms with E-state index in [0.717, 1.165) is 16.8 Å². The summed E-state index contributed by atoms with van der Waals surface area (Å²) < 4.78 is 52.1. The van der Waals surface area contributed by atoms with Crippen LogP contribution in [0.5, 0.6) is 0 Å². The van der Waals surface area contributed by atoms with Gasteiger partial charge in [0.2, 0.25) is 5.91 Å². The van der Waals surface area contributed by atoms with Crippen molar-refractivity contribution < 1.29 is 27.3 Å². The smallest absolute Gasteiger partial charge is 0.398 e. The number of hydrogen-bond acceptors (Lipinski definition) is 4. The first-order valence-electron chi connectivity index (χ1n) is 7.80. The molecule has 1 aromatic heterocycles. The van der Waals surface area contributed by atoms with Crippen LogP contribution in [-0.4, -0.2) is 34.0 Å². The topological polar surface area (TPSA) is 53.4 Å². The Morgan fingerprint density at radius 2 is 1.72 bits per heavy atom. The van der Waals surface area contributed by atoms with Crippen LogP contribution in [0.2, 0.25) is 0 Å². The van der Waals surface area contributed by atoms with Crippen molar-refractivity contribution in [3.05, 3.63) is 23.8 Å². The van der Waals surface area contributed by atoms with Gasteiger partial charge >= 0.3 is 13.3 Å². The number of hydrogen-bond donors (Lipinski definition) is 0. The van der Waals surface area contributed by atoms with E-state index < -0.39 is 36.0 Å². The van der Waals surface area contributed by atoms with E-state index in [1.165, 1.54) is 13.0 Å². The summed E-state index contributed by atoms with van der Waals surface area (Å²) in [6, 6.07) is 3.14. The van der Waals surface area contributed by atoms with Crippen molar-refractivity contribution in [1.29, 1.82) is 0 Å². The zero-order valence-electron chi connectivity index (χ0n) is 14.6. The van der Waals surface area contributed by atoms with Gasteiger partial charge in [-0.3, -0.25) is 4.79 Å². The molecule has 134 valence electrons. The predicted octanol–water partition coefficient (Wildman–Crippen LogP) is 3.01. The predicted molar refractivity (Wildman–Crippen MR) is 86.8 cm³/mol. The average Bonchev–Trinajstić information content (AvgIpc) is 2.92. The van der Waals surface area contributed by atoms with Crippen LogP contribution in [0.3, 0.4) is 0 Å². The van der Waals surface area contributed by atoms with Gasteiger partial charge in [-0.15, -0.1) is 0 Å². The van der Waals surface area contributed by atoms with Crippen LogP contribution in [0.15, 0.2) is 18.2 Å². The minimum Gasteiger partial charge on any atom is -0.398 e. The number of aromatic nitrogens is 2. The van der Waals surface area contributed by atoms with Gasteiger partial charge in [-0.2, -0.15) is 18.3 Å². The lowest BCUT2D eigenvalue weighted by molar-refractivity contribution is -0.137.